The lowest BCUT2D eigenvalue weighted by molar-refractivity contribution is 0.0351. The molecule has 0 aliphatic carbocycles. The van der Waals surface area contributed by atoms with Gasteiger partial charge in [-0.25, -0.2) is 8.42 Å². The van der Waals surface area contributed by atoms with Gasteiger partial charge in [0.15, 0.2) is 0 Å². The normalized spacial score (nSPS) is 27.5. The van der Waals surface area contributed by atoms with E-state index in [1.165, 1.54) is 4.31 Å². The molecule has 0 aromatic heterocycles. The van der Waals surface area contributed by atoms with Crippen LogP contribution in [0.15, 0.2) is 41.8 Å². The Morgan fingerprint density at radius 2 is 1.95 bits per heavy atom. The molecule has 0 unspecified atom stereocenters. The molecule has 1 saturated heterocycles. The summed E-state index contributed by atoms with van der Waals surface area (Å²) in [6.07, 6.45) is 3.00. The molecule has 1 heterocycles. The van der Waals surface area contributed by atoms with Crippen molar-refractivity contribution in [3.05, 3.63) is 42.5 Å². The molecule has 1 aliphatic heterocycles. The van der Waals surface area contributed by atoms with Crippen LogP contribution in [0.1, 0.15) is 31.7 Å². The molecule has 1 aliphatic rings. The van der Waals surface area contributed by atoms with Crippen LogP contribution in [0, 0.1) is 6.92 Å². The number of piperidine rings is 1. The van der Waals surface area contributed by atoms with Gasteiger partial charge in [-0.15, -0.1) is 6.58 Å². The lowest BCUT2D eigenvalue weighted by Crippen LogP contribution is -2.54. The summed E-state index contributed by atoms with van der Waals surface area (Å²) in [4.78, 5) is 0.281. The van der Waals surface area contributed by atoms with E-state index < -0.39 is 22.2 Å². The molecular formula is C16H23NO3S. The highest BCUT2D eigenvalue weighted by Crippen LogP contribution is 2.31. The molecule has 0 amide bonds. The number of aliphatic hydroxyl groups excluding tert-OH is 1. The topological polar surface area (TPSA) is 57.6 Å². The summed E-state index contributed by atoms with van der Waals surface area (Å²) in [5, 5.41) is 10.1. The second kappa shape index (κ2) is 6.30. The fourth-order valence-electron chi connectivity index (χ4n) is 2.89. The SMILES string of the molecule is C=CC[C@@H]1CC[C@@H](O)[C@H](C)N1S(=O)(=O)c1ccc(C)cc1. The highest BCUT2D eigenvalue weighted by atomic mass is 32.2. The third kappa shape index (κ3) is 3.20. The van der Waals surface area contributed by atoms with Crippen molar-refractivity contribution in [2.45, 2.75) is 56.2 Å². The van der Waals surface area contributed by atoms with Crippen LogP contribution in [0.4, 0.5) is 0 Å². The Hall–Kier alpha value is -1.17. The molecule has 0 saturated carbocycles. The van der Waals surface area contributed by atoms with Crippen LogP contribution >= 0.6 is 0 Å². The molecular weight excluding hydrogens is 286 g/mol. The summed E-state index contributed by atoms with van der Waals surface area (Å²) in [6, 6.07) is 6.29. The Balaban J connectivity index is 2.42. The van der Waals surface area contributed by atoms with E-state index in [0.29, 0.717) is 19.3 Å². The maximum absolute atomic E-state index is 12.9. The zero-order chi connectivity index (χ0) is 15.6. The van der Waals surface area contributed by atoms with Crippen molar-refractivity contribution >= 4 is 10.0 Å². The van der Waals surface area contributed by atoms with Crippen LogP contribution < -0.4 is 0 Å². The molecule has 1 fully saturated rings. The number of hydrogen-bond donors (Lipinski definition) is 1. The molecule has 5 heteroatoms. The van der Waals surface area contributed by atoms with Gasteiger partial charge in [-0.3, -0.25) is 0 Å². The molecule has 21 heavy (non-hydrogen) atoms. The largest absolute Gasteiger partial charge is 0.391 e. The van der Waals surface area contributed by atoms with Crippen molar-refractivity contribution < 1.29 is 13.5 Å². The van der Waals surface area contributed by atoms with Crippen molar-refractivity contribution in [3.63, 3.8) is 0 Å². The predicted molar refractivity (Wildman–Crippen MR) is 83.5 cm³/mol. The molecule has 1 N–H and O–H groups in total. The number of aliphatic hydroxyl groups is 1. The number of nitrogens with zero attached hydrogens (tertiary/aromatic N) is 1. The van der Waals surface area contributed by atoms with Crippen LogP contribution in [0.2, 0.25) is 0 Å². The van der Waals surface area contributed by atoms with Crippen LogP contribution in [-0.4, -0.2) is 36.0 Å². The van der Waals surface area contributed by atoms with Crippen LogP contribution in [0.25, 0.3) is 0 Å². The second-order valence-corrected chi connectivity index (χ2v) is 7.55. The quantitative estimate of drug-likeness (QED) is 0.869. The molecule has 2 rings (SSSR count). The fourth-order valence-corrected chi connectivity index (χ4v) is 4.78. The van der Waals surface area contributed by atoms with E-state index in [4.69, 9.17) is 0 Å². The van der Waals surface area contributed by atoms with Crippen molar-refractivity contribution in [3.8, 4) is 0 Å². The van der Waals surface area contributed by atoms with Crippen LogP contribution in [0.5, 0.6) is 0 Å². The zero-order valence-corrected chi connectivity index (χ0v) is 13.4. The van der Waals surface area contributed by atoms with E-state index >= 15 is 0 Å². The minimum Gasteiger partial charge on any atom is -0.391 e. The van der Waals surface area contributed by atoms with E-state index in [9.17, 15) is 13.5 Å². The van der Waals surface area contributed by atoms with Gasteiger partial charge >= 0.3 is 0 Å². The first-order valence-corrected chi connectivity index (χ1v) is 8.71. The van der Waals surface area contributed by atoms with Gasteiger partial charge in [-0.1, -0.05) is 23.8 Å². The summed E-state index contributed by atoms with van der Waals surface area (Å²) < 4.78 is 27.3. The summed E-state index contributed by atoms with van der Waals surface area (Å²) in [5.74, 6) is 0. The van der Waals surface area contributed by atoms with Crippen LogP contribution in [-0.2, 0) is 10.0 Å². The van der Waals surface area contributed by atoms with E-state index in [-0.39, 0.29) is 10.9 Å². The summed E-state index contributed by atoms with van der Waals surface area (Å²) in [5.41, 5.74) is 1.02. The highest BCUT2D eigenvalue weighted by Gasteiger charge is 2.41. The Labute approximate surface area is 127 Å². The van der Waals surface area contributed by atoms with Crippen molar-refractivity contribution in [2.75, 3.05) is 0 Å². The van der Waals surface area contributed by atoms with Gasteiger partial charge in [-0.2, -0.15) is 4.31 Å². The van der Waals surface area contributed by atoms with Gasteiger partial charge in [0, 0.05) is 12.1 Å². The first-order valence-electron chi connectivity index (χ1n) is 7.27. The Morgan fingerprint density at radius 3 is 2.52 bits per heavy atom. The third-order valence-electron chi connectivity index (χ3n) is 4.15. The van der Waals surface area contributed by atoms with Crippen molar-refractivity contribution in [1.29, 1.82) is 0 Å². The average molecular weight is 309 g/mol. The Morgan fingerprint density at radius 1 is 1.33 bits per heavy atom. The minimum absolute atomic E-state index is 0.132. The fraction of sp³-hybridized carbons (Fsp3) is 0.500. The number of aryl methyl sites for hydroxylation is 1. The summed E-state index contributed by atoms with van der Waals surface area (Å²) >= 11 is 0. The van der Waals surface area contributed by atoms with Gasteiger partial charge in [0.05, 0.1) is 11.0 Å². The monoisotopic (exact) mass is 309 g/mol. The highest BCUT2D eigenvalue weighted by molar-refractivity contribution is 7.89. The van der Waals surface area contributed by atoms with Crippen LogP contribution in [0.3, 0.4) is 0 Å². The summed E-state index contributed by atoms with van der Waals surface area (Å²) in [6.45, 7) is 7.41. The second-order valence-electron chi connectivity index (χ2n) is 5.71. The van der Waals surface area contributed by atoms with E-state index in [2.05, 4.69) is 6.58 Å². The molecule has 0 bridgehead atoms. The first-order chi connectivity index (χ1) is 9.87. The van der Waals surface area contributed by atoms with Crippen molar-refractivity contribution in [2.24, 2.45) is 0 Å². The average Bonchev–Trinajstić information content (AvgIpc) is 2.43. The third-order valence-corrected chi connectivity index (χ3v) is 6.20. The molecule has 0 spiro atoms. The minimum atomic E-state index is -3.61. The lowest BCUT2D eigenvalue weighted by Gasteiger charge is -2.41. The van der Waals surface area contributed by atoms with Crippen molar-refractivity contribution in [1.82, 2.24) is 4.31 Å². The molecule has 0 radical (unpaired) electrons. The van der Waals surface area contributed by atoms with E-state index in [1.54, 1.807) is 37.3 Å². The molecule has 1 aromatic carbocycles. The number of sulfonamides is 1. The summed E-state index contributed by atoms with van der Waals surface area (Å²) in [7, 11) is -3.61. The maximum atomic E-state index is 12.9. The van der Waals surface area contributed by atoms with Gasteiger partial charge in [0.2, 0.25) is 10.0 Å². The number of benzene rings is 1. The van der Waals surface area contributed by atoms with Gasteiger partial charge in [-0.05, 0) is 45.2 Å². The first kappa shape index (κ1) is 16.2. The Kier molecular flexibility index (Phi) is 4.86. The lowest BCUT2D eigenvalue weighted by atomic mass is 9.95. The molecule has 1 aromatic rings. The molecule has 4 nitrogen and oxygen atoms in total. The van der Waals surface area contributed by atoms with E-state index in [1.807, 2.05) is 6.92 Å². The Bertz CT molecular complexity index is 594. The number of hydrogen-bond acceptors (Lipinski definition) is 3. The van der Waals surface area contributed by atoms with Gasteiger partial charge in [0.25, 0.3) is 0 Å². The van der Waals surface area contributed by atoms with Gasteiger partial charge in [0.1, 0.15) is 0 Å². The zero-order valence-electron chi connectivity index (χ0n) is 12.6. The standard InChI is InChI=1S/C16H23NO3S/c1-4-5-14-8-11-16(18)13(3)17(14)21(19,20)15-9-6-12(2)7-10-15/h4,6-7,9-10,13-14,16,18H,1,5,8,11H2,2-3H3/t13-,14+,16+/m0/s1. The smallest absolute Gasteiger partial charge is 0.243 e. The number of rotatable bonds is 4. The molecule has 3 atom stereocenters. The van der Waals surface area contributed by atoms with E-state index in [0.717, 1.165) is 5.56 Å². The van der Waals surface area contributed by atoms with Gasteiger partial charge < -0.3 is 5.11 Å². The maximum Gasteiger partial charge on any atom is 0.243 e. The molecule has 116 valence electrons. The predicted octanol–water partition coefficient (Wildman–Crippen LogP) is 2.47.